The number of nitrogens with one attached hydrogen (secondary N) is 2. The van der Waals surface area contributed by atoms with Crippen molar-refractivity contribution in [3.05, 3.63) is 75.5 Å². The topological polar surface area (TPSA) is 83.7 Å². The molecule has 7 nitrogen and oxygen atoms in total. The number of nitro groups is 1. The number of piperazine rings is 1. The van der Waals surface area contributed by atoms with E-state index in [-0.39, 0.29) is 22.4 Å². The second-order valence-corrected chi connectivity index (χ2v) is 8.38. The first kappa shape index (κ1) is 21.1. The molecule has 1 aliphatic heterocycles. The largest absolute Gasteiger partial charge is 0.361 e. The maximum atomic E-state index is 13.2. The van der Waals surface area contributed by atoms with Crippen LogP contribution in [0.2, 0.25) is 0 Å². The van der Waals surface area contributed by atoms with Crippen molar-refractivity contribution in [2.24, 2.45) is 0 Å². The van der Waals surface area contributed by atoms with Gasteiger partial charge in [0.15, 0.2) is 0 Å². The van der Waals surface area contributed by atoms with Gasteiger partial charge in [-0.3, -0.25) is 14.9 Å². The van der Waals surface area contributed by atoms with Crippen LogP contribution in [0.4, 0.5) is 5.69 Å². The third kappa shape index (κ3) is 4.46. The van der Waals surface area contributed by atoms with E-state index >= 15 is 0 Å². The van der Waals surface area contributed by atoms with Gasteiger partial charge in [0, 0.05) is 41.6 Å². The van der Waals surface area contributed by atoms with E-state index in [1.165, 1.54) is 11.0 Å². The van der Waals surface area contributed by atoms with Crippen LogP contribution in [0.5, 0.6) is 0 Å². The number of aromatic amines is 1. The first-order valence-electron chi connectivity index (χ1n) is 10.9. The van der Waals surface area contributed by atoms with E-state index < -0.39 is 0 Å². The number of fused-ring (bicyclic) bond motifs is 1. The molecule has 7 heteroatoms. The molecule has 1 amide bonds. The minimum absolute atomic E-state index is 0.0565. The number of carbonyl (C=O) groups is 1. The van der Waals surface area contributed by atoms with Gasteiger partial charge in [0.25, 0.3) is 5.69 Å². The maximum absolute atomic E-state index is 13.2. The number of H-pyrrole nitrogens is 1. The zero-order valence-corrected chi connectivity index (χ0v) is 18.1. The van der Waals surface area contributed by atoms with Crippen molar-refractivity contribution in [2.75, 3.05) is 32.7 Å². The van der Waals surface area contributed by atoms with Crippen LogP contribution in [-0.4, -0.2) is 53.4 Å². The number of aryl methyl sites for hydroxylation is 1. The van der Waals surface area contributed by atoms with Crippen LogP contribution in [-0.2, 0) is 4.79 Å². The molecule has 2 aromatic carbocycles. The van der Waals surface area contributed by atoms with Crippen LogP contribution < -0.4 is 4.90 Å². The fourth-order valence-electron chi connectivity index (χ4n) is 4.47. The van der Waals surface area contributed by atoms with Gasteiger partial charge in [-0.1, -0.05) is 29.8 Å². The highest BCUT2D eigenvalue weighted by Crippen LogP contribution is 2.35. The van der Waals surface area contributed by atoms with E-state index in [1.54, 1.807) is 12.1 Å². The monoisotopic (exact) mass is 421 g/mol. The summed E-state index contributed by atoms with van der Waals surface area (Å²) in [4.78, 5) is 30.9. The van der Waals surface area contributed by atoms with Gasteiger partial charge in [-0.05, 0) is 31.0 Å². The smallest absolute Gasteiger partial charge is 0.270 e. The Morgan fingerprint density at radius 2 is 1.90 bits per heavy atom. The molecule has 1 aliphatic rings. The summed E-state index contributed by atoms with van der Waals surface area (Å²) >= 11 is 0. The molecule has 31 heavy (non-hydrogen) atoms. The second kappa shape index (κ2) is 8.89. The summed E-state index contributed by atoms with van der Waals surface area (Å²) in [6.07, 6.45) is 2.24. The summed E-state index contributed by atoms with van der Waals surface area (Å²) in [6.45, 7) is 8.82. The Bertz CT molecular complexity index is 1080. The van der Waals surface area contributed by atoms with Crippen molar-refractivity contribution in [2.45, 2.75) is 26.2 Å². The molecule has 0 aliphatic carbocycles. The van der Waals surface area contributed by atoms with Gasteiger partial charge in [0.05, 0.1) is 37.6 Å². The number of aromatic nitrogens is 1. The molecule has 1 atom stereocenters. The molecule has 0 radical (unpaired) electrons. The molecule has 0 saturated carbocycles. The number of nitrogens with zero attached hydrogens (tertiary/aromatic N) is 2. The highest BCUT2D eigenvalue weighted by Gasteiger charge is 2.28. The fraction of sp³-hybridized carbons (Fsp3) is 0.375. The van der Waals surface area contributed by atoms with Gasteiger partial charge in [-0.15, -0.1) is 0 Å². The summed E-state index contributed by atoms with van der Waals surface area (Å²) in [5.74, 6) is -0.0269. The highest BCUT2D eigenvalue weighted by molar-refractivity contribution is 5.87. The van der Waals surface area contributed by atoms with Gasteiger partial charge in [0.2, 0.25) is 5.91 Å². The van der Waals surface area contributed by atoms with Crippen LogP contribution >= 0.6 is 0 Å². The van der Waals surface area contributed by atoms with Crippen LogP contribution in [0, 0.1) is 17.0 Å². The first-order chi connectivity index (χ1) is 15.0. The number of hydrogen-bond acceptors (Lipinski definition) is 3. The standard InChI is InChI=1S/C24H28N4O3/c1-3-26-10-12-27(13-11-26)24(29)15-20(18-6-4-17(2)5-7-18)22-16-25-23-9-8-19(28(30)31)14-21(22)23/h4-9,14,16,20,25H,3,10-13,15H2,1-2H3/p+1/t20-/m0/s1. The Kier molecular flexibility index (Phi) is 6.04. The third-order valence-corrected chi connectivity index (χ3v) is 6.47. The molecule has 0 bridgehead atoms. The third-order valence-electron chi connectivity index (χ3n) is 6.47. The van der Waals surface area contributed by atoms with Gasteiger partial charge >= 0.3 is 0 Å². The number of carbonyl (C=O) groups excluding carboxylic acids is 1. The van der Waals surface area contributed by atoms with E-state index in [0.717, 1.165) is 60.3 Å². The molecule has 0 unspecified atom stereocenters. The number of benzene rings is 2. The van der Waals surface area contributed by atoms with Crippen LogP contribution in [0.15, 0.2) is 48.7 Å². The van der Waals surface area contributed by atoms with Gasteiger partial charge in [-0.25, -0.2) is 0 Å². The van der Waals surface area contributed by atoms with Crippen molar-refractivity contribution in [3.63, 3.8) is 0 Å². The normalized spacial score (nSPS) is 15.9. The Balaban J connectivity index is 1.68. The number of likely N-dealkylation sites (N-methyl/N-ethyl adjacent to an activating group) is 1. The number of hydrogen-bond donors (Lipinski definition) is 2. The minimum Gasteiger partial charge on any atom is -0.361 e. The summed E-state index contributed by atoms with van der Waals surface area (Å²) in [5.41, 5.74) is 4.02. The van der Waals surface area contributed by atoms with E-state index in [2.05, 4.69) is 24.0 Å². The fourth-order valence-corrected chi connectivity index (χ4v) is 4.47. The van der Waals surface area contributed by atoms with E-state index in [1.807, 2.05) is 30.2 Å². The van der Waals surface area contributed by atoms with Crippen LogP contribution in [0.1, 0.15) is 36.0 Å². The summed E-state index contributed by atoms with van der Waals surface area (Å²) in [6, 6.07) is 13.1. The molecule has 1 saturated heterocycles. The zero-order chi connectivity index (χ0) is 22.0. The Morgan fingerprint density at radius 3 is 2.55 bits per heavy atom. The molecule has 4 rings (SSSR count). The molecule has 1 aromatic heterocycles. The number of non-ortho nitro benzene ring substituents is 1. The summed E-state index contributed by atoms with van der Waals surface area (Å²) in [7, 11) is 0. The molecular weight excluding hydrogens is 392 g/mol. The van der Waals surface area contributed by atoms with Crippen molar-refractivity contribution < 1.29 is 14.6 Å². The Labute approximate surface area is 181 Å². The number of rotatable bonds is 6. The number of amides is 1. The van der Waals surface area contributed by atoms with E-state index in [4.69, 9.17) is 0 Å². The molecular formula is C24H29N4O3+. The van der Waals surface area contributed by atoms with Crippen LogP contribution in [0.25, 0.3) is 10.9 Å². The predicted molar refractivity (Wildman–Crippen MR) is 120 cm³/mol. The summed E-state index contributed by atoms with van der Waals surface area (Å²) in [5, 5.41) is 12.1. The highest BCUT2D eigenvalue weighted by atomic mass is 16.6. The second-order valence-electron chi connectivity index (χ2n) is 8.38. The van der Waals surface area contributed by atoms with Crippen molar-refractivity contribution in [1.82, 2.24) is 9.88 Å². The molecule has 2 N–H and O–H groups in total. The SMILES string of the molecule is CC[NH+]1CCN(C(=O)C[C@@H](c2ccc(C)cc2)c2c[nH]c3ccc([N+](=O)[O-])cc23)CC1. The van der Waals surface area contributed by atoms with Crippen LogP contribution in [0.3, 0.4) is 0 Å². The Hall–Kier alpha value is -3.19. The van der Waals surface area contributed by atoms with Gasteiger partial charge < -0.3 is 14.8 Å². The number of quaternary nitrogens is 1. The van der Waals surface area contributed by atoms with E-state index in [9.17, 15) is 14.9 Å². The van der Waals surface area contributed by atoms with Crippen molar-refractivity contribution >= 4 is 22.5 Å². The van der Waals surface area contributed by atoms with E-state index in [0.29, 0.717) is 6.42 Å². The average molecular weight is 422 g/mol. The predicted octanol–water partition coefficient (Wildman–Crippen LogP) is 2.65. The molecule has 3 aromatic rings. The first-order valence-corrected chi connectivity index (χ1v) is 10.9. The average Bonchev–Trinajstić information content (AvgIpc) is 3.21. The zero-order valence-electron chi connectivity index (χ0n) is 18.1. The molecule has 0 spiro atoms. The quantitative estimate of drug-likeness (QED) is 0.474. The van der Waals surface area contributed by atoms with Gasteiger partial charge in [-0.2, -0.15) is 0 Å². The Morgan fingerprint density at radius 1 is 1.19 bits per heavy atom. The van der Waals surface area contributed by atoms with Crippen molar-refractivity contribution in [3.8, 4) is 0 Å². The molecule has 2 heterocycles. The van der Waals surface area contributed by atoms with Crippen molar-refractivity contribution in [1.29, 1.82) is 0 Å². The minimum atomic E-state index is -0.377. The van der Waals surface area contributed by atoms with Gasteiger partial charge in [0.1, 0.15) is 0 Å². The lowest BCUT2D eigenvalue weighted by molar-refractivity contribution is -0.902. The lowest BCUT2D eigenvalue weighted by Crippen LogP contribution is -3.14. The lowest BCUT2D eigenvalue weighted by atomic mass is 9.87. The summed E-state index contributed by atoms with van der Waals surface area (Å²) < 4.78 is 0. The lowest BCUT2D eigenvalue weighted by Gasteiger charge is -2.32. The number of nitro benzene ring substituents is 1. The molecule has 162 valence electrons. The molecule has 1 fully saturated rings. The maximum Gasteiger partial charge on any atom is 0.270 e.